The molecular formula is C11H23NO. The quantitative estimate of drug-likeness (QED) is 0.709. The van der Waals surface area contributed by atoms with Gasteiger partial charge in [-0.05, 0) is 38.1 Å². The number of hydrogen-bond acceptors (Lipinski definition) is 2. The van der Waals surface area contributed by atoms with Crippen molar-refractivity contribution in [2.24, 2.45) is 5.92 Å². The molecule has 0 saturated carbocycles. The lowest BCUT2D eigenvalue weighted by Gasteiger charge is -2.26. The Hall–Kier alpha value is -0.0800. The lowest BCUT2D eigenvalue weighted by molar-refractivity contribution is 0.0605. The zero-order valence-corrected chi connectivity index (χ0v) is 9.01. The molecule has 13 heavy (non-hydrogen) atoms. The molecule has 78 valence electrons. The highest BCUT2D eigenvalue weighted by Gasteiger charge is 2.17. The third-order valence-electron chi connectivity index (χ3n) is 2.94. The maximum Gasteiger partial charge on any atom is 0.0468 e. The van der Waals surface area contributed by atoms with E-state index in [4.69, 9.17) is 4.74 Å². The Balaban J connectivity index is 2.18. The Morgan fingerprint density at radius 2 is 2.00 bits per heavy atom. The van der Waals surface area contributed by atoms with E-state index in [9.17, 15) is 0 Å². The summed E-state index contributed by atoms with van der Waals surface area (Å²) in [5.74, 6) is 0.901. The second kappa shape index (κ2) is 6.39. The predicted molar refractivity (Wildman–Crippen MR) is 55.9 cm³/mol. The van der Waals surface area contributed by atoms with Crippen molar-refractivity contribution >= 4 is 0 Å². The van der Waals surface area contributed by atoms with Crippen LogP contribution in [-0.4, -0.2) is 25.8 Å². The van der Waals surface area contributed by atoms with E-state index in [1.165, 1.54) is 25.7 Å². The van der Waals surface area contributed by atoms with Crippen molar-refractivity contribution in [3.63, 3.8) is 0 Å². The first kappa shape index (κ1) is 11.0. The predicted octanol–water partition coefficient (Wildman–Crippen LogP) is 2.19. The molecule has 2 heteroatoms. The van der Waals surface area contributed by atoms with Crippen LogP contribution >= 0.6 is 0 Å². The van der Waals surface area contributed by atoms with Gasteiger partial charge in [-0.1, -0.05) is 13.8 Å². The van der Waals surface area contributed by atoms with Crippen molar-refractivity contribution in [3.05, 3.63) is 0 Å². The Bertz CT molecular complexity index is 119. The van der Waals surface area contributed by atoms with Crippen molar-refractivity contribution in [2.75, 3.05) is 19.8 Å². The highest BCUT2D eigenvalue weighted by molar-refractivity contribution is 4.72. The van der Waals surface area contributed by atoms with Crippen LogP contribution in [0.2, 0.25) is 0 Å². The standard InChI is InChI=1S/C11H23NO/c1-3-11(12-4-2)9-10-5-7-13-8-6-10/h10-12H,3-9H2,1-2H3. The lowest BCUT2D eigenvalue weighted by Crippen LogP contribution is -2.32. The minimum Gasteiger partial charge on any atom is -0.381 e. The molecule has 1 fully saturated rings. The highest BCUT2D eigenvalue weighted by atomic mass is 16.5. The zero-order valence-electron chi connectivity index (χ0n) is 9.01. The topological polar surface area (TPSA) is 21.3 Å². The van der Waals surface area contributed by atoms with Crippen LogP contribution in [0.3, 0.4) is 0 Å². The van der Waals surface area contributed by atoms with Crippen LogP contribution in [0.4, 0.5) is 0 Å². The van der Waals surface area contributed by atoms with Gasteiger partial charge >= 0.3 is 0 Å². The van der Waals surface area contributed by atoms with Gasteiger partial charge in [0.2, 0.25) is 0 Å². The summed E-state index contributed by atoms with van der Waals surface area (Å²) >= 11 is 0. The van der Waals surface area contributed by atoms with Crippen LogP contribution in [-0.2, 0) is 4.74 Å². The van der Waals surface area contributed by atoms with Crippen molar-refractivity contribution in [1.82, 2.24) is 5.32 Å². The molecule has 2 nitrogen and oxygen atoms in total. The third-order valence-corrected chi connectivity index (χ3v) is 2.94. The molecule has 1 N–H and O–H groups in total. The van der Waals surface area contributed by atoms with Crippen LogP contribution in [0.1, 0.15) is 39.5 Å². The van der Waals surface area contributed by atoms with E-state index in [0.29, 0.717) is 0 Å². The summed E-state index contributed by atoms with van der Waals surface area (Å²) in [7, 11) is 0. The van der Waals surface area contributed by atoms with E-state index in [1.807, 2.05) is 0 Å². The molecule has 1 aliphatic rings. The second-order valence-corrected chi connectivity index (χ2v) is 3.95. The first-order valence-electron chi connectivity index (χ1n) is 5.68. The molecule has 0 amide bonds. The fourth-order valence-corrected chi connectivity index (χ4v) is 2.07. The maximum absolute atomic E-state index is 5.35. The van der Waals surface area contributed by atoms with Gasteiger partial charge in [-0.15, -0.1) is 0 Å². The summed E-state index contributed by atoms with van der Waals surface area (Å²) in [6, 6.07) is 0.730. The number of hydrogen-bond donors (Lipinski definition) is 1. The molecule has 1 heterocycles. The van der Waals surface area contributed by atoms with Gasteiger partial charge in [0, 0.05) is 19.3 Å². The van der Waals surface area contributed by atoms with E-state index >= 15 is 0 Å². The largest absolute Gasteiger partial charge is 0.381 e. The van der Waals surface area contributed by atoms with Crippen LogP contribution < -0.4 is 5.32 Å². The van der Waals surface area contributed by atoms with E-state index in [1.54, 1.807) is 0 Å². The minimum absolute atomic E-state index is 0.730. The number of rotatable bonds is 5. The summed E-state index contributed by atoms with van der Waals surface area (Å²) < 4.78 is 5.35. The maximum atomic E-state index is 5.35. The van der Waals surface area contributed by atoms with Gasteiger partial charge in [0.1, 0.15) is 0 Å². The fourth-order valence-electron chi connectivity index (χ4n) is 2.07. The van der Waals surface area contributed by atoms with Crippen LogP contribution in [0.5, 0.6) is 0 Å². The summed E-state index contributed by atoms with van der Waals surface area (Å²) in [6.45, 7) is 7.52. The Morgan fingerprint density at radius 1 is 1.31 bits per heavy atom. The molecule has 0 bridgehead atoms. The number of ether oxygens (including phenoxy) is 1. The summed E-state index contributed by atoms with van der Waals surface area (Å²) in [5.41, 5.74) is 0. The third kappa shape index (κ3) is 4.10. The molecule has 0 radical (unpaired) electrons. The van der Waals surface area contributed by atoms with E-state index in [0.717, 1.165) is 31.7 Å². The van der Waals surface area contributed by atoms with Gasteiger partial charge in [0.15, 0.2) is 0 Å². The molecule has 0 aromatic carbocycles. The SMILES string of the molecule is CCNC(CC)CC1CCOCC1. The van der Waals surface area contributed by atoms with Crippen LogP contribution in [0, 0.1) is 5.92 Å². The Labute approximate surface area is 82.0 Å². The van der Waals surface area contributed by atoms with Gasteiger partial charge in [0.05, 0.1) is 0 Å². The van der Waals surface area contributed by atoms with Gasteiger partial charge in [-0.3, -0.25) is 0 Å². The molecule has 1 aliphatic heterocycles. The van der Waals surface area contributed by atoms with Crippen LogP contribution in [0.15, 0.2) is 0 Å². The first-order chi connectivity index (χ1) is 6.36. The van der Waals surface area contributed by atoms with Crippen molar-refractivity contribution < 1.29 is 4.74 Å². The zero-order chi connectivity index (χ0) is 9.52. The Kier molecular flexibility index (Phi) is 5.40. The molecule has 0 spiro atoms. The summed E-state index contributed by atoms with van der Waals surface area (Å²) in [6.07, 6.45) is 5.13. The van der Waals surface area contributed by atoms with Gasteiger partial charge in [-0.2, -0.15) is 0 Å². The average molecular weight is 185 g/mol. The summed E-state index contributed by atoms with van der Waals surface area (Å²) in [4.78, 5) is 0. The van der Waals surface area contributed by atoms with Crippen molar-refractivity contribution in [2.45, 2.75) is 45.6 Å². The highest BCUT2D eigenvalue weighted by Crippen LogP contribution is 2.20. The van der Waals surface area contributed by atoms with E-state index in [-0.39, 0.29) is 0 Å². The van der Waals surface area contributed by atoms with Gasteiger partial charge < -0.3 is 10.1 Å². The average Bonchev–Trinajstić information content (AvgIpc) is 2.19. The summed E-state index contributed by atoms with van der Waals surface area (Å²) in [5, 5.41) is 3.54. The molecule has 1 unspecified atom stereocenters. The Morgan fingerprint density at radius 3 is 2.54 bits per heavy atom. The molecule has 0 aromatic rings. The molecule has 1 saturated heterocycles. The van der Waals surface area contributed by atoms with E-state index in [2.05, 4.69) is 19.2 Å². The van der Waals surface area contributed by atoms with Crippen molar-refractivity contribution in [3.8, 4) is 0 Å². The molecular weight excluding hydrogens is 162 g/mol. The molecule has 1 rings (SSSR count). The van der Waals surface area contributed by atoms with E-state index < -0.39 is 0 Å². The molecule has 1 atom stereocenters. The number of nitrogens with one attached hydrogen (secondary N) is 1. The molecule has 0 aromatic heterocycles. The molecule has 0 aliphatic carbocycles. The monoisotopic (exact) mass is 185 g/mol. The van der Waals surface area contributed by atoms with Gasteiger partial charge in [-0.25, -0.2) is 0 Å². The van der Waals surface area contributed by atoms with Crippen LogP contribution in [0.25, 0.3) is 0 Å². The second-order valence-electron chi connectivity index (χ2n) is 3.95. The first-order valence-corrected chi connectivity index (χ1v) is 5.68. The fraction of sp³-hybridized carbons (Fsp3) is 1.00. The minimum atomic E-state index is 0.730. The normalized spacial score (nSPS) is 21.7. The lowest BCUT2D eigenvalue weighted by atomic mass is 9.91. The van der Waals surface area contributed by atoms with Gasteiger partial charge in [0.25, 0.3) is 0 Å². The van der Waals surface area contributed by atoms with Crippen molar-refractivity contribution in [1.29, 1.82) is 0 Å². The smallest absolute Gasteiger partial charge is 0.0468 e.